The van der Waals surface area contributed by atoms with Crippen molar-refractivity contribution < 1.29 is 4.74 Å². The van der Waals surface area contributed by atoms with E-state index in [1.807, 2.05) is 18.2 Å². The molecule has 4 rings (SSSR count). The van der Waals surface area contributed by atoms with Gasteiger partial charge in [-0.1, -0.05) is 29.8 Å². The fraction of sp³-hybridized carbons (Fsp3) is 0.125. The number of ether oxygens (including phenoxy) is 1. The molecule has 3 heterocycles. The number of anilines is 2. The predicted molar refractivity (Wildman–Crippen MR) is 128 cm³/mol. The van der Waals surface area contributed by atoms with E-state index in [4.69, 9.17) is 21.6 Å². The van der Waals surface area contributed by atoms with Crippen LogP contribution < -0.4 is 21.3 Å². The molecule has 0 radical (unpaired) electrons. The number of halogens is 1. The second kappa shape index (κ2) is 10.0. The summed E-state index contributed by atoms with van der Waals surface area (Å²) in [4.78, 5) is 33.8. The van der Waals surface area contributed by atoms with Crippen LogP contribution in [0.5, 0.6) is 11.6 Å². The molecule has 3 aromatic heterocycles. The van der Waals surface area contributed by atoms with Gasteiger partial charge in [-0.3, -0.25) is 13.9 Å². The standard InChI is InChI=1S/C24H19ClN6O3/c1-2-30-23(32)12-21(31(24(30)33)15-16-6-8-17(25)9-7-16)29-20-11-10-19(14-27-20)34-22-5-3-4-18(13-26)28-22/h3-12,14H,2,15H2,1H3,(H,27,29). The summed E-state index contributed by atoms with van der Waals surface area (Å²) < 4.78 is 8.27. The molecule has 0 aliphatic carbocycles. The summed E-state index contributed by atoms with van der Waals surface area (Å²) in [6.07, 6.45) is 1.47. The van der Waals surface area contributed by atoms with Gasteiger partial charge in [0.25, 0.3) is 5.56 Å². The van der Waals surface area contributed by atoms with Crippen molar-refractivity contribution in [2.75, 3.05) is 5.32 Å². The number of benzene rings is 1. The largest absolute Gasteiger partial charge is 0.437 e. The zero-order valence-corrected chi connectivity index (χ0v) is 18.9. The molecule has 0 bridgehead atoms. The van der Waals surface area contributed by atoms with Gasteiger partial charge in [0.2, 0.25) is 5.88 Å². The molecule has 170 valence electrons. The molecule has 9 nitrogen and oxygen atoms in total. The van der Waals surface area contributed by atoms with Crippen molar-refractivity contribution in [2.45, 2.75) is 20.0 Å². The van der Waals surface area contributed by atoms with Crippen molar-refractivity contribution in [3.05, 3.63) is 104 Å². The first-order chi connectivity index (χ1) is 16.5. The number of nitrogens with one attached hydrogen (secondary N) is 1. The molecule has 0 fully saturated rings. The Morgan fingerprint density at radius 3 is 2.56 bits per heavy atom. The van der Waals surface area contributed by atoms with E-state index in [0.717, 1.165) is 10.1 Å². The Hall–Kier alpha value is -4.42. The maximum absolute atomic E-state index is 13.0. The molecule has 0 aliphatic heterocycles. The topological polar surface area (TPSA) is 115 Å². The van der Waals surface area contributed by atoms with Gasteiger partial charge >= 0.3 is 5.69 Å². The Kier molecular flexibility index (Phi) is 6.71. The van der Waals surface area contributed by atoms with Crippen LogP contribution in [0.25, 0.3) is 0 Å². The van der Waals surface area contributed by atoms with Gasteiger partial charge in [0.15, 0.2) is 0 Å². The summed E-state index contributed by atoms with van der Waals surface area (Å²) in [6, 6.07) is 18.6. The molecular weight excluding hydrogens is 456 g/mol. The van der Waals surface area contributed by atoms with Crippen molar-refractivity contribution in [3.63, 3.8) is 0 Å². The summed E-state index contributed by atoms with van der Waals surface area (Å²) in [5.41, 5.74) is 0.241. The van der Waals surface area contributed by atoms with Gasteiger partial charge in [0.05, 0.1) is 12.7 Å². The Morgan fingerprint density at radius 2 is 1.88 bits per heavy atom. The van der Waals surface area contributed by atoms with Gasteiger partial charge in [0, 0.05) is 23.7 Å². The van der Waals surface area contributed by atoms with E-state index in [9.17, 15) is 9.59 Å². The predicted octanol–water partition coefficient (Wildman–Crippen LogP) is 3.93. The van der Waals surface area contributed by atoms with Crippen LogP contribution in [-0.4, -0.2) is 19.1 Å². The molecule has 0 saturated carbocycles. The van der Waals surface area contributed by atoms with Gasteiger partial charge < -0.3 is 10.1 Å². The van der Waals surface area contributed by atoms with Gasteiger partial charge in [0.1, 0.15) is 29.1 Å². The first-order valence-corrected chi connectivity index (χ1v) is 10.7. The summed E-state index contributed by atoms with van der Waals surface area (Å²) in [5, 5.41) is 12.6. The third-order valence-electron chi connectivity index (χ3n) is 4.90. The SMILES string of the molecule is CCn1c(=O)cc(Nc2ccc(Oc3cccc(C#N)n3)cn2)n(Cc2ccc(Cl)cc2)c1=O. The molecule has 0 atom stereocenters. The van der Waals surface area contributed by atoms with Crippen molar-refractivity contribution >= 4 is 23.2 Å². The Bertz CT molecular complexity index is 1470. The van der Waals surface area contributed by atoms with Crippen LogP contribution in [0.1, 0.15) is 18.2 Å². The normalized spacial score (nSPS) is 10.5. The third kappa shape index (κ3) is 5.14. The summed E-state index contributed by atoms with van der Waals surface area (Å²) in [6.45, 7) is 2.23. The highest BCUT2D eigenvalue weighted by Crippen LogP contribution is 2.21. The minimum atomic E-state index is -0.434. The summed E-state index contributed by atoms with van der Waals surface area (Å²) in [5.74, 6) is 1.39. The van der Waals surface area contributed by atoms with Crippen LogP contribution in [0.4, 0.5) is 11.6 Å². The zero-order chi connectivity index (χ0) is 24.1. The summed E-state index contributed by atoms with van der Waals surface area (Å²) >= 11 is 5.97. The molecule has 0 aliphatic rings. The van der Waals surface area contributed by atoms with Crippen LogP contribution >= 0.6 is 11.6 Å². The molecule has 0 amide bonds. The third-order valence-corrected chi connectivity index (χ3v) is 5.15. The molecule has 10 heteroatoms. The smallest absolute Gasteiger partial charge is 0.332 e. The van der Waals surface area contributed by atoms with E-state index in [1.54, 1.807) is 49.4 Å². The second-order valence-electron chi connectivity index (χ2n) is 7.19. The molecule has 0 spiro atoms. The number of hydrogen-bond acceptors (Lipinski definition) is 7. The van der Waals surface area contributed by atoms with E-state index in [0.29, 0.717) is 22.4 Å². The van der Waals surface area contributed by atoms with Crippen molar-refractivity contribution in [2.24, 2.45) is 0 Å². The number of aromatic nitrogens is 4. The van der Waals surface area contributed by atoms with E-state index < -0.39 is 11.2 Å². The van der Waals surface area contributed by atoms with Crippen LogP contribution in [0.3, 0.4) is 0 Å². The molecule has 34 heavy (non-hydrogen) atoms. The number of rotatable bonds is 7. The number of pyridine rings is 2. The minimum Gasteiger partial charge on any atom is -0.437 e. The highest BCUT2D eigenvalue weighted by atomic mass is 35.5. The number of nitrogens with zero attached hydrogens (tertiary/aromatic N) is 5. The van der Waals surface area contributed by atoms with Crippen LogP contribution in [0, 0.1) is 11.3 Å². The lowest BCUT2D eigenvalue weighted by molar-refractivity contribution is 0.460. The van der Waals surface area contributed by atoms with E-state index in [2.05, 4.69) is 15.3 Å². The average molecular weight is 475 g/mol. The van der Waals surface area contributed by atoms with E-state index in [1.165, 1.54) is 16.8 Å². The van der Waals surface area contributed by atoms with Crippen molar-refractivity contribution in [1.82, 2.24) is 19.1 Å². The Morgan fingerprint density at radius 1 is 1.09 bits per heavy atom. The number of hydrogen-bond donors (Lipinski definition) is 1. The fourth-order valence-corrected chi connectivity index (χ4v) is 3.36. The van der Waals surface area contributed by atoms with Gasteiger partial charge in [-0.2, -0.15) is 5.26 Å². The lowest BCUT2D eigenvalue weighted by Gasteiger charge is -2.16. The maximum atomic E-state index is 13.0. The molecule has 4 aromatic rings. The lowest BCUT2D eigenvalue weighted by Crippen LogP contribution is -2.40. The molecule has 1 aromatic carbocycles. The maximum Gasteiger partial charge on any atom is 0.332 e. The Balaban J connectivity index is 1.61. The van der Waals surface area contributed by atoms with Crippen LogP contribution in [0.2, 0.25) is 5.02 Å². The molecular formula is C24H19ClN6O3. The minimum absolute atomic E-state index is 0.237. The van der Waals surface area contributed by atoms with Crippen LogP contribution in [0.15, 0.2) is 76.4 Å². The van der Waals surface area contributed by atoms with Crippen LogP contribution in [-0.2, 0) is 13.1 Å². The quantitative estimate of drug-likeness (QED) is 0.431. The van der Waals surface area contributed by atoms with E-state index in [-0.39, 0.29) is 24.7 Å². The van der Waals surface area contributed by atoms with Crippen molar-refractivity contribution in [1.29, 1.82) is 5.26 Å². The zero-order valence-electron chi connectivity index (χ0n) is 18.1. The van der Waals surface area contributed by atoms with Gasteiger partial charge in [-0.25, -0.2) is 14.8 Å². The fourth-order valence-electron chi connectivity index (χ4n) is 3.24. The molecule has 1 N–H and O–H groups in total. The van der Waals surface area contributed by atoms with Crippen molar-refractivity contribution in [3.8, 4) is 17.7 Å². The highest BCUT2D eigenvalue weighted by Gasteiger charge is 2.12. The lowest BCUT2D eigenvalue weighted by atomic mass is 10.2. The monoisotopic (exact) mass is 474 g/mol. The first-order valence-electron chi connectivity index (χ1n) is 10.3. The Labute approximate surface area is 199 Å². The van der Waals surface area contributed by atoms with Gasteiger partial charge in [-0.15, -0.1) is 0 Å². The highest BCUT2D eigenvalue weighted by molar-refractivity contribution is 6.30. The molecule has 0 saturated heterocycles. The second-order valence-corrected chi connectivity index (χ2v) is 7.62. The first kappa shape index (κ1) is 22.8. The average Bonchev–Trinajstić information content (AvgIpc) is 2.84. The van der Waals surface area contributed by atoms with Gasteiger partial charge in [-0.05, 0) is 42.8 Å². The molecule has 0 unspecified atom stereocenters. The summed E-state index contributed by atoms with van der Waals surface area (Å²) in [7, 11) is 0. The van der Waals surface area contributed by atoms with E-state index >= 15 is 0 Å². The number of nitriles is 1.